The number of hydrogen-bond donors (Lipinski definition) is 2. The number of carbonyl (C=O) groups excluding carboxylic acids is 1. The van der Waals surface area contributed by atoms with E-state index in [-0.39, 0.29) is 25.0 Å². The Labute approximate surface area is 174 Å². The van der Waals surface area contributed by atoms with E-state index in [1.165, 1.54) is 6.07 Å². The zero-order valence-electron chi connectivity index (χ0n) is 16.3. The van der Waals surface area contributed by atoms with Gasteiger partial charge in [-0.25, -0.2) is 9.18 Å². The molecule has 0 unspecified atom stereocenters. The van der Waals surface area contributed by atoms with E-state index >= 15 is 0 Å². The van der Waals surface area contributed by atoms with E-state index in [0.717, 1.165) is 16.8 Å². The van der Waals surface area contributed by atoms with E-state index < -0.39 is 6.09 Å². The number of ether oxygens (including phenoxy) is 1. The Kier molecular flexibility index (Phi) is 6.03. The number of amides is 1. The maximum Gasteiger partial charge on any atom is 0.407 e. The number of carbonyl (C=O) groups is 1. The molecule has 5 nitrogen and oxygen atoms in total. The Balaban J connectivity index is 1.48. The van der Waals surface area contributed by atoms with Crippen LogP contribution in [0.1, 0.15) is 16.7 Å². The van der Waals surface area contributed by atoms with Crippen LogP contribution in [0, 0.1) is 5.82 Å². The summed E-state index contributed by atoms with van der Waals surface area (Å²) < 4.78 is 19.8. The summed E-state index contributed by atoms with van der Waals surface area (Å²) in [6, 6.07) is 23.5. The lowest BCUT2D eigenvalue weighted by molar-refractivity contribution is 0.139. The molecule has 3 aromatic carbocycles. The van der Waals surface area contributed by atoms with Crippen molar-refractivity contribution in [2.75, 3.05) is 18.4 Å². The zero-order valence-corrected chi connectivity index (χ0v) is 16.3. The molecule has 1 aliphatic rings. The van der Waals surface area contributed by atoms with Gasteiger partial charge in [-0.2, -0.15) is 0 Å². The van der Waals surface area contributed by atoms with E-state index in [4.69, 9.17) is 9.73 Å². The average Bonchev–Trinajstić information content (AvgIpc) is 2.97. The number of nitrogens with zero attached hydrogens (tertiary/aromatic N) is 1. The minimum atomic E-state index is -0.511. The van der Waals surface area contributed by atoms with Crippen molar-refractivity contribution >= 4 is 17.5 Å². The van der Waals surface area contributed by atoms with Crippen molar-refractivity contribution in [3.8, 4) is 0 Å². The van der Waals surface area contributed by atoms with Crippen LogP contribution in [0.25, 0.3) is 0 Å². The Morgan fingerprint density at radius 2 is 1.70 bits per heavy atom. The van der Waals surface area contributed by atoms with Gasteiger partial charge >= 0.3 is 6.09 Å². The van der Waals surface area contributed by atoms with Crippen molar-refractivity contribution in [2.24, 2.45) is 4.99 Å². The highest BCUT2D eigenvalue weighted by molar-refractivity contribution is 6.16. The minimum absolute atomic E-state index is 0.199. The molecule has 2 N–H and O–H groups in total. The SMILES string of the molecule is O=C(NC[C@@H]1CNc2ccccc2C(c2ccccc2F)=N1)OCc1ccccc1. The van der Waals surface area contributed by atoms with Gasteiger partial charge in [0.2, 0.25) is 0 Å². The number of fused-ring (bicyclic) bond motifs is 1. The van der Waals surface area contributed by atoms with E-state index in [0.29, 0.717) is 17.8 Å². The molecule has 0 radical (unpaired) electrons. The van der Waals surface area contributed by atoms with Crippen molar-refractivity contribution in [1.82, 2.24) is 5.32 Å². The van der Waals surface area contributed by atoms with Crippen LogP contribution in [0.2, 0.25) is 0 Å². The number of anilines is 1. The van der Waals surface area contributed by atoms with Crippen LogP contribution in [0.3, 0.4) is 0 Å². The number of alkyl carbamates (subject to hydrolysis) is 1. The van der Waals surface area contributed by atoms with Crippen LogP contribution in [0.5, 0.6) is 0 Å². The van der Waals surface area contributed by atoms with Gasteiger partial charge in [0.25, 0.3) is 0 Å². The monoisotopic (exact) mass is 403 g/mol. The summed E-state index contributed by atoms with van der Waals surface area (Å²) in [6.45, 7) is 0.977. The van der Waals surface area contributed by atoms with Gasteiger partial charge in [0.15, 0.2) is 0 Å². The zero-order chi connectivity index (χ0) is 20.8. The number of para-hydroxylation sites is 1. The molecule has 0 saturated heterocycles. The maximum atomic E-state index is 14.5. The molecule has 4 rings (SSSR count). The van der Waals surface area contributed by atoms with Crippen LogP contribution in [-0.4, -0.2) is 30.9 Å². The fourth-order valence-corrected chi connectivity index (χ4v) is 3.33. The first kappa shape index (κ1) is 19.6. The number of nitrogens with one attached hydrogen (secondary N) is 2. The fourth-order valence-electron chi connectivity index (χ4n) is 3.33. The number of benzene rings is 3. The molecule has 3 aromatic rings. The average molecular weight is 403 g/mol. The molecule has 1 heterocycles. The second-order valence-electron chi connectivity index (χ2n) is 6.98. The van der Waals surface area contributed by atoms with Crippen molar-refractivity contribution in [3.63, 3.8) is 0 Å². The van der Waals surface area contributed by atoms with Crippen LogP contribution >= 0.6 is 0 Å². The number of rotatable bonds is 5. The first-order valence-corrected chi connectivity index (χ1v) is 9.81. The lowest BCUT2D eigenvalue weighted by Crippen LogP contribution is -2.35. The summed E-state index contributed by atoms with van der Waals surface area (Å²) in [4.78, 5) is 16.9. The molecular formula is C24H22FN3O2. The molecule has 1 aliphatic heterocycles. The Bertz CT molecular complexity index is 1050. The van der Waals surface area contributed by atoms with Gasteiger partial charge in [-0.1, -0.05) is 60.7 Å². The Morgan fingerprint density at radius 3 is 2.50 bits per heavy atom. The van der Waals surface area contributed by atoms with E-state index in [1.54, 1.807) is 18.2 Å². The predicted molar refractivity (Wildman–Crippen MR) is 115 cm³/mol. The van der Waals surface area contributed by atoms with Crippen LogP contribution in [0.15, 0.2) is 83.9 Å². The molecule has 30 heavy (non-hydrogen) atoms. The number of benzodiazepines with no additional fused rings is 1. The summed E-state index contributed by atoms with van der Waals surface area (Å²) in [5.74, 6) is -0.332. The molecule has 1 amide bonds. The van der Waals surface area contributed by atoms with Crippen molar-refractivity contribution in [3.05, 3.63) is 101 Å². The molecular weight excluding hydrogens is 381 g/mol. The van der Waals surface area contributed by atoms with Crippen LogP contribution in [0.4, 0.5) is 14.9 Å². The van der Waals surface area contributed by atoms with Gasteiger partial charge in [-0.15, -0.1) is 0 Å². The van der Waals surface area contributed by atoms with Gasteiger partial charge in [-0.05, 0) is 23.8 Å². The maximum absolute atomic E-state index is 14.5. The molecule has 0 aliphatic carbocycles. The normalized spacial score (nSPS) is 15.2. The van der Waals surface area contributed by atoms with Gasteiger partial charge in [0, 0.05) is 29.9 Å². The first-order valence-electron chi connectivity index (χ1n) is 9.81. The van der Waals surface area contributed by atoms with E-state index in [2.05, 4.69) is 10.6 Å². The summed E-state index contributed by atoms with van der Waals surface area (Å²) >= 11 is 0. The minimum Gasteiger partial charge on any atom is -0.445 e. The molecule has 0 fully saturated rings. The smallest absolute Gasteiger partial charge is 0.407 e. The first-order chi connectivity index (χ1) is 14.7. The van der Waals surface area contributed by atoms with Crippen LogP contribution < -0.4 is 10.6 Å². The highest BCUT2D eigenvalue weighted by atomic mass is 19.1. The van der Waals surface area contributed by atoms with Gasteiger partial charge < -0.3 is 15.4 Å². The van der Waals surface area contributed by atoms with Gasteiger partial charge in [0.05, 0.1) is 11.8 Å². The third-order valence-corrected chi connectivity index (χ3v) is 4.85. The number of aliphatic imine (C=N–C) groups is 1. The molecule has 1 atom stereocenters. The van der Waals surface area contributed by atoms with Crippen molar-refractivity contribution < 1.29 is 13.9 Å². The van der Waals surface area contributed by atoms with E-state index in [1.807, 2.05) is 54.6 Å². The van der Waals surface area contributed by atoms with Crippen molar-refractivity contribution in [2.45, 2.75) is 12.6 Å². The molecule has 0 aromatic heterocycles. The van der Waals surface area contributed by atoms with E-state index in [9.17, 15) is 9.18 Å². The third-order valence-electron chi connectivity index (χ3n) is 4.85. The Morgan fingerprint density at radius 1 is 1.00 bits per heavy atom. The third kappa shape index (κ3) is 4.66. The molecule has 6 heteroatoms. The highest BCUT2D eigenvalue weighted by Crippen LogP contribution is 2.24. The number of halogens is 1. The molecule has 0 bridgehead atoms. The standard InChI is InChI=1S/C24H22FN3O2/c25-21-12-6-4-10-19(21)23-20-11-5-7-13-22(20)26-14-18(28-23)15-27-24(29)30-16-17-8-2-1-3-9-17/h1-13,18,26H,14-16H2,(H,27,29)/t18-/m0/s1. The lowest BCUT2D eigenvalue weighted by Gasteiger charge is -2.14. The second kappa shape index (κ2) is 9.22. The summed E-state index contributed by atoms with van der Waals surface area (Å²) in [5, 5.41) is 6.11. The summed E-state index contributed by atoms with van der Waals surface area (Å²) in [7, 11) is 0. The van der Waals surface area contributed by atoms with Crippen LogP contribution in [-0.2, 0) is 11.3 Å². The Hall–Kier alpha value is -3.67. The molecule has 152 valence electrons. The molecule has 0 spiro atoms. The quantitative estimate of drug-likeness (QED) is 0.664. The summed E-state index contributed by atoms with van der Waals surface area (Å²) in [5.41, 5.74) is 3.63. The second-order valence-corrected chi connectivity index (χ2v) is 6.98. The number of hydrogen-bond acceptors (Lipinski definition) is 4. The lowest BCUT2D eigenvalue weighted by atomic mass is 10.00. The largest absolute Gasteiger partial charge is 0.445 e. The van der Waals surface area contributed by atoms with Gasteiger partial charge in [0.1, 0.15) is 12.4 Å². The molecule has 0 saturated carbocycles. The highest BCUT2D eigenvalue weighted by Gasteiger charge is 2.21. The summed E-state index contributed by atoms with van der Waals surface area (Å²) in [6.07, 6.45) is -0.511. The predicted octanol–water partition coefficient (Wildman–Crippen LogP) is 4.38. The van der Waals surface area contributed by atoms with Crippen molar-refractivity contribution in [1.29, 1.82) is 0 Å². The fraction of sp³-hybridized carbons (Fsp3) is 0.167. The topological polar surface area (TPSA) is 62.7 Å². The van der Waals surface area contributed by atoms with Gasteiger partial charge in [-0.3, -0.25) is 4.99 Å².